The van der Waals surface area contributed by atoms with Gasteiger partial charge in [0.05, 0.1) is 5.56 Å². The van der Waals surface area contributed by atoms with Crippen molar-refractivity contribution >= 4 is 17.5 Å². The van der Waals surface area contributed by atoms with Crippen LogP contribution >= 0.6 is 11.6 Å². The first-order valence-corrected chi connectivity index (χ1v) is 9.91. The molecule has 4 rings (SSSR count). The average Bonchev–Trinajstić information content (AvgIpc) is 3.20. The number of hydrogen-bond donors (Lipinski definition) is 1. The van der Waals surface area contributed by atoms with E-state index in [2.05, 4.69) is 15.5 Å². The minimum atomic E-state index is -0.0750. The van der Waals surface area contributed by atoms with Gasteiger partial charge in [0.25, 0.3) is 0 Å². The quantitative estimate of drug-likeness (QED) is 0.668. The fourth-order valence-electron chi connectivity index (χ4n) is 3.46. The van der Waals surface area contributed by atoms with Gasteiger partial charge in [0.2, 0.25) is 17.7 Å². The van der Waals surface area contributed by atoms with Gasteiger partial charge in [0, 0.05) is 28.9 Å². The van der Waals surface area contributed by atoms with E-state index in [4.69, 9.17) is 16.0 Å². The molecule has 28 heavy (non-hydrogen) atoms. The number of benzene rings is 1. The second-order valence-corrected chi connectivity index (χ2v) is 7.72. The van der Waals surface area contributed by atoms with Crippen LogP contribution in [0.1, 0.15) is 48.0 Å². The van der Waals surface area contributed by atoms with Gasteiger partial charge in [0.15, 0.2) is 0 Å². The van der Waals surface area contributed by atoms with Crippen LogP contribution in [0.2, 0.25) is 5.02 Å². The van der Waals surface area contributed by atoms with Crippen molar-refractivity contribution in [3.05, 3.63) is 58.2 Å². The van der Waals surface area contributed by atoms with Crippen LogP contribution in [-0.4, -0.2) is 20.7 Å². The second kappa shape index (κ2) is 7.80. The van der Waals surface area contributed by atoms with Gasteiger partial charge in [-0.3, -0.25) is 4.79 Å². The molecule has 0 bridgehead atoms. The summed E-state index contributed by atoms with van der Waals surface area (Å²) in [5, 5.41) is 12.0. The van der Waals surface area contributed by atoms with Gasteiger partial charge in [-0.15, -0.1) is 10.2 Å². The predicted octanol–water partition coefficient (Wildman–Crippen LogP) is 4.39. The van der Waals surface area contributed by atoms with Crippen LogP contribution in [0.15, 0.2) is 34.7 Å². The molecule has 0 unspecified atom stereocenters. The third-order valence-electron chi connectivity index (χ3n) is 5.43. The molecule has 146 valence electrons. The van der Waals surface area contributed by atoms with Gasteiger partial charge in [-0.1, -0.05) is 36.2 Å². The van der Waals surface area contributed by atoms with E-state index in [-0.39, 0.29) is 12.5 Å². The van der Waals surface area contributed by atoms with Crippen molar-refractivity contribution in [1.29, 1.82) is 0 Å². The van der Waals surface area contributed by atoms with Crippen LogP contribution in [0, 0.1) is 13.8 Å². The summed E-state index contributed by atoms with van der Waals surface area (Å²) in [6.07, 6.45) is 3.46. The van der Waals surface area contributed by atoms with Gasteiger partial charge < -0.3 is 14.3 Å². The van der Waals surface area contributed by atoms with Crippen LogP contribution in [0.25, 0.3) is 11.5 Å². The van der Waals surface area contributed by atoms with E-state index in [0.29, 0.717) is 23.4 Å². The van der Waals surface area contributed by atoms with E-state index in [0.717, 1.165) is 41.2 Å². The first kappa shape index (κ1) is 18.7. The highest BCUT2D eigenvalue weighted by Gasteiger charge is 2.26. The van der Waals surface area contributed by atoms with Crippen molar-refractivity contribution in [2.45, 2.75) is 52.1 Å². The van der Waals surface area contributed by atoms with E-state index >= 15 is 0 Å². The lowest BCUT2D eigenvalue weighted by Gasteiger charge is -2.20. The molecule has 2 aromatic heterocycles. The van der Waals surface area contributed by atoms with Crippen LogP contribution in [0.3, 0.4) is 0 Å². The normalized spacial score (nSPS) is 14.1. The zero-order chi connectivity index (χ0) is 19.7. The zero-order valence-corrected chi connectivity index (χ0v) is 16.8. The van der Waals surface area contributed by atoms with Crippen molar-refractivity contribution < 1.29 is 9.21 Å². The molecule has 1 aromatic carbocycles. The van der Waals surface area contributed by atoms with E-state index in [1.807, 2.05) is 48.7 Å². The Bertz CT molecular complexity index is 1000. The van der Waals surface area contributed by atoms with Crippen LogP contribution in [-0.2, 0) is 17.9 Å². The molecule has 1 aliphatic rings. The van der Waals surface area contributed by atoms with Gasteiger partial charge in [-0.05, 0) is 44.4 Å². The molecule has 1 aliphatic carbocycles. The third-order valence-corrected chi connectivity index (χ3v) is 5.80. The molecule has 3 aromatic rings. The summed E-state index contributed by atoms with van der Waals surface area (Å²) in [5.74, 6) is 1.58. The Balaban J connectivity index is 1.45. The molecule has 1 amide bonds. The Labute approximate surface area is 168 Å². The predicted molar refractivity (Wildman–Crippen MR) is 107 cm³/mol. The number of nitrogens with one attached hydrogen (secondary N) is 1. The largest absolute Gasteiger partial charge is 0.420 e. The maximum absolute atomic E-state index is 12.5. The number of halogens is 1. The summed E-state index contributed by atoms with van der Waals surface area (Å²) >= 11 is 6.15. The monoisotopic (exact) mass is 398 g/mol. The minimum Gasteiger partial charge on any atom is -0.420 e. The Hall–Kier alpha value is -2.60. The van der Waals surface area contributed by atoms with Gasteiger partial charge in [-0.2, -0.15) is 0 Å². The lowest BCUT2D eigenvalue weighted by molar-refractivity contribution is -0.121. The summed E-state index contributed by atoms with van der Waals surface area (Å²) in [4.78, 5) is 12.5. The molecular formula is C21H23ClN4O2. The van der Waals surface area contributed by atoms with Gasteiger partial charge in [0.1, 0.15) is 6.54 Å². The summed E-state index contributed by atoms with van der Waals surface area (Å²) < 4.78 is 7.86. The number of carbonyl (C=O) groups excluding carboxylic acids is 1. The first-order chi connectivity index (χ1) is 13.5. The molecule has 0 atom stereocenters. The van der Waals surface area contributed by atoms with Crippen LogP contribution in [0.4, 0.5) is 0 Å². The molecule has 0 aliphatic heterocycles. The van der Waals surface area contributed by atoms with E-state index < -0.39 is 0 Å². The molecule has 7 heteroatoms. The maximum Gasteiger partial charge on any atom is 0.249 e. The number of amides is 1. The summed E-state index contributed by atoms with van der Waals surface area (Å²) in [6, 6.07) is 9.49. The standard InChI is InChI=1S/C21H23ClN4O2/c1-13-10-17(21-25-24-20(28-21)15-7-5-8-15)14(2)26(13)12-19(27)23-11-16-6-3-4-9-18(16)22/h3-4,6,9-10,15H,5,7-8,11-12H2,1-2H3,(H,23,27). The highest BCUT2D eigenvalue weighted by Crippen LogP contribution is 2.37. The Morgan fingerprint density at radius 3 is 2.79 bits per heavy atom. The van der Waals surface area contributed by atoms with E-state index in [1.165, 1.54) is 6.42 Å². The summed E-state index contributed by atoms with van der Waals surface area (Å²) in [7, 11) is 0. The molecule has 0 saturated heterocycles. The molecule has 1 N–H and O–H groups in total. The Morgan fingerprint density at radius 2 is 2.07 bits per heavy atom. The number of carbonyl (C=O) groups is 1. The summed E-state index contributed by atoms with van der Waals surface area (Å²) in [6.45, 7) is 4.57. The smallest absolute Gasteiger partial charge is 0.249 e. The summed E-state index contributed by atoms with van der Waals surface area (Å²) in [5.41, 5.74) is 3.70. The third kappa shape index (κ3) is 3.69. The lowest BCUT2D eigenvalue weighted by Crippen LogP contribution is -2.28. The van der Waals surface area contributed by atoms with Crippen molar-refractivity contribution in [3.8, 4) is 11.5 Å². The number of hydrogen-bond acceptors (Lipinski definition) is 4. The highest BCUT2D eigenvalue weighted by molar-refractivity contribution is 6.31. The number of aryl methyl sites for hydroxylation is 1. The van der Waals surface area contributed by atoms with E-state index in [9.17, 15) is 4.79 Å². The topological polar surface area (TPSA) is 73.0 Å². The molecule has 2 heterocycles. The molecule has 0 spiro atoms. The Morgan fingerprint density at radius 1 is 1.29 bits per heavy atom. The van der Waals surface area contributed by atoms with Crippen molar-refractivity contribution in [2.75, 3.05) is 0 Å². The maximum atomic E-state index is 12.5. The molecule has 1 fully saturated rings. The van der Waals surface area contributed by atoms with E-state index in [1.54, 1.807) is 0 Å². The number of rotatable bonds is 6. The molecule has 1 saturated carbocycles. The number of aromatic nitrogens is 3. The van der Waals surface area contributed by atoms with Crippen molar-refractivity contribution in [3.63, 3.8) is 0 Å². The van der Waals surface area contributed by atoms with Crippen molar-refractivity contribution in [1.82, 2.24) is 20.1 Å². The van der Waals surface area contributed by atoms with Gasteiger partial charge >= 0.3 is 0 Å². The van der Waals surface area contributed by atoms with Crippen LogP contribution in [0.5, 0.6) is 0 Å². The fourth-order valence-corrected chi connectivity index (χ4v) is 3.66. The minimum absolute atomic E-state index is 0.0750. The van der Waals surface area contributed by atoms with Crippen LogP contribution < -0.4 is 5.32 Å². The average molecular weight is 399 g/mol. The SMILES string of the molecule is Cc1cc(-c2nnc(C3CCC3)o2)c(C)n1CC(=O)NCc1ccccc1Cl. The molecule has 0 radical (unpaired) electrons. The number of nitrogens with zero attached hydrogens (tertiary/aromatic N) is 3. The Kier molecular flexibility index (Phi) is 5.22. The second-order valence-electron chi connectivity index (χ2n) is 7.31. The molecular weight excluding hydrogens is 376 g/mol. The van der Waals surface area contributed by atoms with Crippen molar-refractivity contribution in [2.24, 2.45) is 0 Å². The highest BCUT2D eigenvalue weighted by atomic mass is 35.5. The van der Waals surface area contributed by atoms with Gasteiger partial charge in [-0.25, -0.2) is 0 Å². The zero-order valence-electron chi connectivity index (χ0n) is 16.0. The molecule has 6 nitrogen and oxygen atoms in total. The lowest BCUT2D eigenvalue weighted by atomic mass is 9.85. The fraction of sp³-hybridized carbons (Fsp3) is 0.381. The first-order valence-electron chi connectivity index (χ1n) is 9.53.